The Kier molecular flexibility index (Phi) is 8.86. The van der Waals surface area contributed by atoms with E-state index < -0.39 is 12.2 Å². The van der Waals surface area contributed by atoms with Gasteiger partial charge in [-0.1, -0.05) is 12.1 Å². The van der Waals surface area contributed by atoms with Crippen LogP contribution in [0.25, 0.3) is 11.1 Å². The van der Waals surface area contributed by atoms with Crippen molar-refractivity contribution in [3.63, 3.8) is 0 Å². The van der Waals surface area contributed by atoms with Crippen molar-refractivity contribution in [3.05, 3.63) is 59.8 Å². The minimum atomic E-state index is -4.39. The number of likely N-dealkylation sites (tertiary alicyclic amines) is 1. The maximum absolute atomic E-state index is 14.1. The summed E-state index contributed by atoms with van der Waals surface area (Å²) in [6.07, 6.45) is -1.17. The number of piperidine rings is 1. The first-order valence-corrected chi connectivity index (χ1v) is 14.2. The normalized spacial score (nSPS) is 18.0. The van der Waals surface area contributed by atoms with Gasteiger partial charge in [-0.2, -0.15) is 18.2 Å². The summed E-state index contributed by atoms with van der Waals surface area (Å²) < 4.78 is 53.4. The third-order valence-corrected chi connectivity index (χ3v) is 7.80. The molecule has 2 saturated heterocycles. The van der Waals surface area contributed by atoms with Gasteiger partial charge < -0.3 is 24.6 Å². The van der Waals surface area contributed by atoms with Gasteiger partial charge in [-0.15, -0.1) is 0 Å². The Morgan fingerprint density at radius 3 is 2.57 bits per heavy atom. The molecule has 0 unspecified atom stereocenters. The zero-order valence-electron chi connectivity index (χ0n) is 24.1. The third kappa shape index (κ3) is 7.13. The van der Waals surface area contributed by atoms with Crippen molar-refractivity contribution in [2.24, 2.45) is 5.92 Å². The summed E-state index contributed by atoms with van der Waals surface area (Å²) in [5, 5.41) is 2.88. The second-order valence-corrected chi connectivity index (χ2v) is 11.2. The van der Waals surface area contributed by atoms with Crippen LogP contribution in [0.2, 0.25) is 0 Å². The Balaban J connectivity index is 1.45. The fraction of sp³-hybridized carbons (Fsp3) is 0.452. The van der Waals surface area contributed by atoms with Crippen molar-refractivity contribution in [3.8, 4) is 22.8 Å². The summed E-state index contributed by atoms with van der Waals surface area (Å²) in [6.45, 7) is 4.06. The molecule has 2 aliphatic rings. The number of aromatic nitrogens is 2. The second-order valence-electron chi connectivity index (χ2n) is 11.2. The van der Waals surface area contributed by atoms with Crippen molar-refractivity contribution >= 4 is 17.5 Å². The largest absolute Gasteiger partial charge is 0.497 e. The molecule has 1 amide bonds. The number of amides is 1. The topological polar surface area (TPSA) is 79.8 Å². The average molecular weight is 584 g/mol. The van der Waals surface area contributed by atoms with E-state index in [1.165, 1.54) is 4.90 Å². The molecule has 2 aliphatic heterocycles. The van der Waals surface area contributed by atoms with Crippen LogP contribution in [0.15, 0.2) is 48.7 Å². The minimum absolute atomic E-state index is 0.0126. The number of anilines is 2. The number of halogens is 3. The van der Waals surface area contributed by atoms with E-state index in [0.29, 0.717) is 42.3 Å². The van der Waals surface area contributed by atoms with Gasteiger partial charge in [0.05, 0.1) is 7.11 Å². The van der Waals surface area contributed by atoms with Crippen LogP contribution in [0.5, 0.6) is 11.6 Å². The number of nitrogens with zero attached hydrogens (tertiary/aromatic N) is 4. The van der Waals surface area contributed by atoms with Crippen LogP contribution in [0.1, 0.15) is 36.8 Å². The number of methoxy groups -OCH3 is 1. The molecule has 1 aromatic carbocycles. The van der Waals surface area contributed by atoms with Crippen molar-refractivity contribution in [2.45, 2.75) is 51.4 Å². The van der Waals surface area contributed by atoms with Crippen molar-refractivity contribution in [1.29, 1.82) is 0 Å². The van der Waals surface area contributed by atoms with Crippen molar-refractivity contribution in [1.82, 2.24) is 14.9 Å². The molecule has 42 heavy (non-hydrogen) atoms. The Hall–Kier alpha value is -3.86. The molecule has 1 atom stereocenters. The number of nitrogens with one attached hydrogen (secondary N) is 1. The Bertz CT molecular complexity index is 1390. The van der Waals surface area contributed by atoms with E-state index in [4.69, 9.17) is 9.47 Å². The van der Waals surface area contributed by atoms with E-state index in [2.05, 4.69) is 20.2 Å². The summed E-state index contributed by atoms with van der Waals surface area (Å²) in [5.41, 5.74) is 3.02. The fourth-order valence-electron chi connectivity index (χ4n) is 5.61. The number of hydrogen-bond acceptors (Lipinski definition) is 7. The third-order valence-electron chi connectivity index (χ3n) is 7.80. The SMILES string of the molecule is COc1ccc(COc2cc(-c3cc(NC(=O)CC4CN(C)C4)ncc3C)cc(N3CCCC[C@@H]3C(F)(F)F)n2)cc1. The molecule has 2 fully saturated rings. The average Bonchev–Trinajstić information content (AvgIpc) is 2.96. The van der Waals surface area contributed by atoms with Crippen LogP contribution in [-0.2, 0) is 11.4 Å². The van der Waals surface area contributed by atoms with E-state index in [1.807, 2.05) is 38.2 Å². The molecule has 0 saturated carbocycles. The zero-order chi connectivity index (χ0) is 29.9. The van der Waals surface area contributed by atoms with Crippen molar-refractivity contribution in [2.75, 3.05) is 44.0 Å². The van der Waals surface area contributed by atoms with Crippen LogP contribution in [0.4, 0.5) is 24.8 Å². The lowest BCUT2D eigenvalue weighted by atomic mass is 9.97. The highest BCUT2D eigenvalue weighted by Gasteiger charge is 2.45. The molecule has 3 aromatic rings. The molecular formula is C31H36F3N5O3. The molecule has 4 heterocycles. The predicted octanol–water partition coefficient (Wildman–Crippen LogP) is 5.85. The van der Waals surface area contributed by atoms with Gasteiger partial charge in [0.1, 0.15) is 30.0 Å². The maximum Gasteiger partial charge on any atom is 0.408 e. The summed E-state index contributed by atoms with van der Waals surface area (Å²) in [5.74, 6) is 1.71. The van der Waals surface area contributed by atoms with Gasteiger partial charge in [0.2, 0.25) is 11.8 Å². The summed E-state index contributed by atoms with van der Waals surface area (Å²) >= 11 is 0. The number of rotatable bonds is 9. The van der Waals surface area contributed by atoms with Crippen LogP contribution < -0.4 is 19.7 Å². The summed E-state index contributed by atoms with van der Waals surface area (Å²) in [4.78, 5) is 25.0. The first-order chi connectivity index (χ1) is 20.1. The molecule has 11 heteroatoms. The monoisotopic (exact) mass is 583 g/mol. The Morgan fingerprint density at radius 2 is 1.88 bits per heavy atom. The molecule has 1 N–H and O–H groups in total. The number of carbonyl (C=O) groups excluding carboxylic acids is 1. The Labute approximate surface area is 243 Å². The number of alkyl halides is 3. The lowest BCUT2D eigenvalue weighted by Crippen LogP contribution is -2.49. The van der Waals surface area contributed by atoms with Gasteiger partial charge in [0.15, 0.2) is 0 Å². The molecule has 224 valence electrons. The molecule has 0 bridgehead atoms. The van der Waals surface area contributed by atoms with Gasteiger partial charge in [-0.05, 0) is 85.7 Å². The highest BCUT2D eigenvalue weighted by Crippen LogP contribution is 2.38. The highest BCUT2D eigenvalue weighted by atomic mass is 19.4. The van der Waals surface area contributed by atoms with Crippen LogP contribution >= 0.6 is 0 Å². The number of hydrogen-bond donors (Lipinski definition) is 1. The van der Waals surface area contributed by atoms with E-state index in [1.54, 1.807) is 31.5 Å². The first kappa shape index (κ1) is 29.6. The lowest BCUT2D eigenvalue weighted by molar-refractivity contribution is -0.152. The second kappa shape index (κ2) is 12.6. The highest BCUT2D eigenvalue weighted by molar-refractivity contribution is 5.91. The number of aryl methyl sites for hydroxylation is 1. The molecule has 8 nitrogen and oxygen atoms in total. The smallest absolute Gasteiger partial charge is 0.408 e. The van der Waals surface area contributed by atoms with Gasteiger partial charge in [0.25, 0.3) is 0 Å². The predicted molar refractivity (Wildman–Crippen MR) is 155 cm³/mol. The van der Waals surface area contributed by atoms with Gasteiger partial charge in [-0.3, -0.25) is 4.79 Å². The van der Waals surface area contributed by atoms with Crippen LogP contribution in [0, 0.1) is 12.8 Å². The van der Waals surface area contributed by atoms with E-state index in [-0.39, 0.29) is 37.2 Å². The maximum atomic E-state index is 14.1. The summed E-state index contributed by atoms with van der Waals surface area (Å²) in [6, 6.07) is 10.9. The Morgan fingerprint density at radius 1 is 1.12 bits per heavy atom. The number of benzene rings is 1. The van der Waals surface area contributed by atoms with Crippen molar-refractivity contribution < 1.29 is 27.4 Å². The minimum Gasteiger partial charge on any atom is -0.497 e. The molecule has 0 spiro atoms. The number of ether oxygens (including phenoxy) is 2. The van der Waals surface area contributed by atoms with Crippen LogP contribution in [-0.4, -0.2) is 66.8 Å². The fourth-order valence-corrected chi connectivity index (χ4v) is 5.61. The lowest BCUT2D eigenvalue weighted by Gasteiger charge is -2.37. The van der Waals surface area contributed by atoms with Gasteiger partial charge in [0, 0.05) is 38.3 Å². The molecule has 5 rings (SSSR count). The van der Waals surface area contributed by atoms with E-state index in [0.717, 1.165) is 29.8 Å². The first-order valence-electron chi connectivity index (χ1n) is 14.2. The quantitative estimate of drug-likeness (QED) is 0.339. The molecular weight excluding hydrogens is 547 g/mol. The standard InChI is InChI=1S/C31H36F3N5O3/c1-20-16-35-27(36-29(40)12-22-17-38(2)18-22)15-25(20)23-13-28(39-11-5-4-6-26(39)31(32,33)34)37-30(14-23)42-19-21-7-9-24(41-3)10-8-21/h7-10,13-16,22,26H,4-6,11-12,17-19H2,1-3H3,(H,35,36,40)/t26-/m1/s1. The molecule has 2 aromatic heterocycles. The molecule has 0 radical (unpaired) electrons. The zero-order valence-corrected chi connectivity index (χ0v) is 24.1. The van der Waals surface area contributed by atoms with Gasteiger partial charge in [-0.25, -0.2) is 4.98 Å². The number of pyridine rings is 2. The van der Waals surface area contributed by atoms with Gasteiger partial charge >= 0.3 is 6.18 Å². The van der Waals surface area contributed by atoms with E-state index >= 15 is 0 Å². The summed E-state index contributed by atoms with van der Waals surface area (Å²) in [7, 11) is 3.60. The number of carbonyl (C=O) groups is 1. The van der Waals surface area contributed by atoms with E-state index in [9.17, 15) is 18.0 Å². The molecule has 0 aliphatic carbocycles. The van der Waals surface area contributed by atoms with Crippen LogP contribution in [0.3, 0.4) is 0 Å².